The third-order valence-electron chi connectivity index (χ3n) is 7.21. The van der Waals surface area contributed by atoms with Gasteiger partial charge in [0.15, 0.2) is 17.4 Å². The molecule has 1 aliphatic rings. The SMILES string of the molecule is CCCC1CCC(c2ccc(-c3ccc(C(F)(F)Oc4cc(F)c(OC(F)(F)C=C(F)F)c(F)c4)cc3)cc2)CC1. The first-order valence-corrected chi connectivity index (χ1v) is 13.2. The summed E-state index contributed by atoms with van der Waals surface area (Å²) in [6.45, 7) is 2.21. The highest BCUT2D eigenvalue weighted by molar-refractivity contribution is 5.64. The molecule has 2 nitrogen and oxygen atoms in total. The molecule has 220 valence electrons. The molecule has 3 aromatic rings. The monoisotopic (exact) mass is 584 g/mol. The smallest absolute Gasteiger partial charge is 0.426 e. The Kier molecular flexibility index (Phi) is 9.29. The van der Waals surface area contributed by atoms with Crippen molar-refractivity contribution in [3.8, 4) is 22.6 Å². The third kappa shape index (κ3) is 7.80. The van der Waals surface area contributed by atoms with E-state index in [1.165, 1.54) is 43.4 Å². The highest BCUT2D eigenvalue weighted by Crippen LogP contribution is 2.39. The van der Waals surface area contributed by atoms with Gasteiger partial charge in [0, 0.05) is 12.1 Å². The minimum absolute atomic E-state index is 0.185. The Labute approximate surface area is 232 Å². The van der Waals surface area contributed by atoms with Crippen molar-refractivity contribution in [2.24, 2.45) is 5.92 Å². The highest BCUT2D eigenvalue weighted by atomic mass is 19.3. The Hall–Kier alpha value is -3.56. The Balaban J connectivity index is 1.42. The zero-order valence-electron chi connectivity index (χ0n) is 22.1. The maximum Gasteiger partial charge on any atom is 0.426 e. The molecule has 1 saturated carbocycles. The first-order valence-electron chi connectivity index (χ1n) is 13.2. The Morgan fingerprint density at radius 2 is 1.34 bits per heavy atom. The average molecular weight is 585 g/mol. The van der Waals surface area contributed by atoms with Crippen molar-refractivity contribution >= 4 is 0 Å². The van der Waals surface area contributed by atoms with Gasteiger partial charge in [-0.3, -0.25) is 0 Å². The molecule has 41 heavy (non-hydrogen) atoms. The highest BCUT2D eigenvalue weighted by Gasteiger charge is 2.37. The van der Waals surface area contributed by atoms with Crippen LogP contribution in [0, 0.1) is 17.6 Å². The minimum atomic E-state index is -4.75. The molecule has 0 aromatic heterocycles. The number of ether oxygens (including phenoxy) is 2. The van der Waals surface area contributed by atoms with Crippen LogP contribution in [0.25, 0.3) is 11.1 Å². The second-order valence-corrected chi connectivity index (χ2v) is 10.1. The van der Waals surface area contributed by atoms with Crippen molar-refractivity contribution in [1.29, 1.82) is 0 Å². The van der Waals surface area contributed by atoms with E-state index < -0.39 is 53.1 Å². The fourth-order valence-corrected chi connectivity index (χ4v) is 5.19. The second-order valence-electron chi connectivity index (χ2n) is 10.1. The summed E-state index contributed by atoms with van der Waals surface area (Å²) >= 11 is 0. The molecule has 4 rings (SSSR count). The molecule has 0 aliphatic heterocycles. The van der Waals surface area contributed by atoms with E-state index in [2.05, 4.69) is 28.5 Å². The van der Waals surface area contributed by atoms with Crippen molar-refractivity contribution in [2.75, 3.05) is 0 Å². The van der Waals surface area contributed by atoms with Crippen molar-refractivity contribution in [3.63, 3.8) is 0 Å². The van der Waals surface area contributed by atoms with Crippen LogP contribution in [-0.2, 0) is 6.11 Å². The molecule has 0 atom stereocenters. The molecular formula is C31H28F8O2. The molecule has 0 radical (unpaired) electrons. The average Bonchev–Trinajstić information content (AvgIpc) is 2.91. The first kappa shape index (κ1) is 30.4. The van der Waals surface area contributed by atoms with E-state index in [1.807, 2.05) is 12.1 Å². The van der Waals surface area contributed by atoms with Crippen molar-refractivity contribution in [2.45, 2.75) is 63.6 Å². The summed E-state index contributed by atoms with van der Waals surface area (Å²) in [5, 5.41) is 0. The Morgan fingerprint density at radius 1 is 0.805 bits per heavy atom. The molecular weight excluding hydrogens is 556 g/mol. The fourth-order valence-electron chi connectivity index (χ4n) is 5.19. The van der Waals surface area contributed by atoms with Crippen molar-refractivity contribution in [1.82, 2.24) is 0 Å². The van der Waals surface area contributed by atoms with Crippen LogP contribution in [0.2, 0.25) is 0 Å². The van der Waals surface area contributed by atoms with Crippen LogP contribution in [0.1, 0.15) is 62.5 Å². The van der Waals surface area contributed by atoms with E-state index in [0.717, 1.165) is 36.5 Å². The van der Waals surface area contributed by atoms with Crippen molar-refractivity contribution < 1.29 is 44.6 Å². The Bertz CT molecular complexity index is 1320. The number of hydrogen-bond acceptors (Lipinski definition) is 2. The van der Waals surface area contributed by atoms with Gasteiger partial charge in [-0.25, -0.2) is 8.78 Å². The minimum Gasteiger partial charge on any atom is -0.429 e. The van der Waals surface area contributed by atoms with Crippen LogP contribution >= 0.6 is 0 Å². The van der Waals surface area contributed by atoms with Crippen LogP contribution in [0.5, 0.6) is 11.5 Å². The van der Waals surface area contributed by atoms with Gasteiger partial charge in [-0.05, 0) is 66.3 Å². The van der Waals surface area contributed by atoms with Gasteiger partial charge >= 0.3 is 12.2 Å². The van der Waals surface area contributed by atoms with Crippen LogP contribution in [0.4, 0.5) is 35.1 Å². The number of benzene rings is 3. The summed E-state index contributed by atoms with van der Waals surface area (Å²) in [6, 6.07) is 13.5. The van der Waals surface area contributed by atoms with E-state index in [4.69, 9.17) is 0 Å². The zero-order valence-corrected chi connectivity index (χ0v) is 22.1. The van der Waals surface area contributed by atoms with Crippen LogP contribution in [0.15, 0.2) is 72.8 Å². The summed E-state index contributed by atoms with van der Waals surface area (Å²) in [4.78, 5) is 0. The lowest BCUT2D eigenvalue weighted by atomic mass is 9.77. The lowest BCUT2D eigenvalue weighted by molar-refractivity contribution is -0.185. The van der Waals surface area contributed by atoms with Gasteiger partial charge in [0.2, 0.25) is 0 Å². The summed E-state index contributed by atoms with van der Waals surface area (Å²) in [5.74, 6) is -5.15. The molecule has 0 heterocycles. The summed E-state index contributed by atoms with van der Waals surface area (Å²) in [7, 11) is 0. The molecule has 0 bridgehead atoms. The van der Waals surface area contributed by atoms with Gasteiger partial charge < -0.3 is 9.47 Å². The Morgan fingerprint density at radius 3 is 1.85 bits per heavy atom. The standard InChI is InChI=1S/C31H28F8O2/c1-2-3-19-4-6-20(7-5-19)21-8-10-22(11-9-21)23-12-14-24(15-13-23)31(38,39)40-25-16-26(32)29(27(33)17-25)41-30(36,37)18-28(34)35/h8-20H,2-7H2,1H3. The van der Waals surface area contributed by atoms with Crippen molar-refractivity contribution in [3.05, 3.63) is 95.6 Å². The molecule has 0 N–H and O–H groups in total. The molecule has 0 saturated heterocycles. The van der Waals surface area contributed by atoms with Gasteiger partial charge in [0.1, 0.15) is 5.75 Å². The molecule has 1 aliphatic carbocycles. The van der Waals surface area contributed by atoms with E-state index in [-0.39, 0.29) is 12.1 Å². The van der Waals surface area contributed by atoms with Gasteiger partial charge in [0.05, 0.1) is 11.6 Å². The lowest BCUT2D eigenvalue weighted by Gasteiger charge is -2.28. The molecule has 0 amide bonds. The molecule has 1 fully saturated rings. The van der Waals surface area contributed by atoms with Gasteiger partial charge in [-0.2, -0.15) is 26.3 Å². The van der Waals surface area contributed by atoms with Gasteiger partial charge in [0.25, 0.3) is 6.08 Å². The second kappa shape index (κ2) is 12.5. The quantitative estimate of drug-likeness (QED) is 0.221. The topological polar surface area (TPSA) is 18.5 Å². The fraction of sp³-hybridized carbons (Fsp3) is 0.355. The third-order valence-corrected chi connectivity index (χ3v) is 7.21. The number of rotatable bonds is 10. The first-order chi connectivity index (χ1) is 19.4. The molecule has 0 spiro atoms. The summed E-state index contributed by atoms with van der Waals surface area (Å²) in [5.41, 5.74) is 2.12. The van der Waals surface area contributed by atoms with Crippen LogP contribution < -0.4 is 9.47 Å². The predicted octanol–water partition coefficient (Wildman–Crippen LogP) is 10.6. The molecule has 3 aromatic carbocycles. The zero-order chi connectivity index (χ0) is 29.8. The molecule has 0 unspecified atom stereocenters. The number of halogens is 8. The van der Waals surface area contributed by atoms with E-state index in [1.54, 1.807) is 0 Å². The summed E-state index contributed by atoms with van der Waals surface area (Å²) < 4.78 is 117. The van der Waals surface area contributed by atoms with Gasteiger partial charge in [-0.15, -0.1) is 0 Å². The van der Waals surface area contributed by atoms with Crippen LogP contribution in [-0.4, -0.2) is 6.11 Å². The van der Waals surface area contributed by atoms with E-state index in [9.17, 15) is 35.1 Å². The van der Waals surface area contributed by atoms with Crippen LogP contribution in [0.3, 0.4) is 0 Å². The molecule has 10 heteroatoms. The lowest BCUT2D eigenvalue weighted by Crippen LogP contribution is -2.24. The normalized spacial score (nSPS) is 17.7. The number of hydrogen-bond donors (Lipinski definition) is 0. The van der Waals surface area contributed by atoms with Gasteiger partial charge in [-0.1, -0.05) is 56.2 Å². The maximum absolute atomic E-state index is 14.8. The summed E-state index contributed by atoms with van der Waals surface area (Å²) in [6.07, 6.45) is -5.37. The number of alkyl halides is 4. The largest absolute Gasteiger partial charge is 0.429 e. The predicted molar refractivity (Wildman–Crippen MR) is 138 cm³/mol. The van der Waals surface area contributed by atoms with E-state index >= 15 is 0 Å². The van der Waals surface area contributed by atoms with E-state index in [0.29, 0.717) is 11.5 Å². The maximum atomic E-state index is 14.8.